The van der Waals surface area contributed by atoms with E-state index in [0.717, 1.165) is 10.0 Å². The van der Waals surface area contributed by atoms with E-state index in [1.807, 2.05) is 13.1 Å². The number of nitrogens with zero attached hydrogens (tertiary/aromatic N) is 4. The van der Waals surface area contributed by atoms with Gasteiger partial charge in [0.15, 0.2) is 5.82 Å². The number of hydrogen-bond donors (Lipinski definition) is 1. The quantitative estimate of drug-likeness (QED) is 0.833. The lowest BCUT2D eigenvalue weighted by molar-refractivity contribution is 0.837. The molecule has 0 spiro atoms. The smallest absolute Gasteiger partial charge is 0.170 e. The predicted octanol–water partition coefficient (Wildman–Crippen LogP) is 1.32. The first kappa shape index (κ1) is 9.14. The zero-order valence-electron chi connectivity index (χ0n) is 7.48. The third kappa shape index (κ3) is 1.48. The Labute approximate surface area is 89.1 Å². The maximum absolute atomic E-state index is 5.64. The number of hydrogen-bond acceptors (Lipinski definition) is 4. The van der Waals surface area contributed by atoms with E-state index in [1.54, 1.807) is 10.9 Å². The molecule has 0 bridgehead atoms. The first-order valence-corrected chi connectivity index (χ1v) is 4.75. The summed E-state index contributed by atoms with van der Waals surface area (Å²) in [5, 5.41) is 4.12. The Bertz CT molecular complexity index is 445. The van der Waals surface area contributed by atoms with Crippen molar-refractivity contribution in [1.29, 1.82) is 0 Å². The Hall–Kier alpha value is -1.43. The molecule has 0 fully saturated rings. The Morgan fingerprint density at radius 1 is 1.50 bits per heavy atom. The standard InChI is InChI=1S/C8H8BrN5/c1-5-3-14(13-7(5)10)8-6(9)2-11-4-12-8/h2-4H,1H3,(H2,10,13). The molecule has 2 aromatic rings. The molecular formula is C8H8BrN5. The summed E-state index contributed by atoms with van der Waals surface area (Å²) in [6, 6.07) is 0. The molecule has 0 unspecified atom stereocenters. The fourth-order valence-corrected chi connectivity index (χ4v) is 1.46. The molecule has 0 saturated heterocycles. The molecule has 0 aliphatic rings. The molecule has 0 aliphatic heterocycles. The molecule has 0 aliphatic carbocycles. The van der Waals surface area contributed by atoms with Crippen LogP contribution in [0.1, 0.15) is 5.56 Å². The van der Waals surface area contributed by atoms with Crippen molar-refractivity contribution in [3.8, 4) is 5.82 Å². The summed E-state index contributed by atoms with van der Waals surface area (Å²) >= 11 is 3.34. The second kappa shape index (κ2) is 3.38. The minimum atomic E-state index is 0.510. The Balaban J connectivity index is 2.55. The van der Waals surface area contributed by atoms with Crippen molar-refractivity contribution in [2.75, 3.05) is 5.73 Å². The van der Waals surface area contributed by atoms with E-state index >= 15 is 0 Å². The molecule has 5 nitrogen and oxygen atoms in total. The van der Waals surface area contributed by atoms with Gasteiger partial charge in [0.2, 0.25) is 0 Å². The van der Waals surface area contributed by atoms with Crippen molar-refractivity contribution >= 4 is 21.7 Å². The van der Waals surface area contributed by atoms with Crippen molar-refractivity contribution in [2.24, 2.45) is 0 Å². The van der Waals surface area contributed by atoms with Gasteiger partial charge in [0.25, 0.3) is 0 Å². The predicted molar refractivity (Wildman–Crippen MR) is 56.0 cm³/mol. The number of nitrogen functional groups attached to an aromatic ring is 1. The van der Waals surface area contributed by atoms with Crippen LogP contribution in [0.5, 0.6) is 0 Å². The van der Waals surface area contributed by atoms with Gasteiger partial charge in [-0.2, -0.15) is 0 Å². The molecule has 14 heavy (non-hydrogen) atoms. The molecule has 2 heterocycles. The summed E-state index contributed by atoms with van der Waals surface area (Å²) in [5.41, 5.74) is 6.56. The van der Waals surface area contributed by atoms with Crippen molar-refractivity contribution < 1.29 is 0 Å². The van der Waals surface area contributed by atoms with Crippen molar-refractivity contribution in [1.82, 2.24) is 19.7 Å². The fraction of sp³-hybridized carbons (Fsp3) is 0.125. The number of rotatable bonds is 1. The normalized spacial score (nSPS) is 10.4. The van der Waals surface area contributed by atoms with Gasteiger partial charge >= 0.3 is 0 Å². The topological polar surface area (TPSA) is 69.6 Å². The summed E-state index contributed by atoms with van der Waals surface area (Å²) in [5.74, 6) is 1.19. The van der Waals surface area contributed by atoms with Crippen LogP contribution >= 0.6 is 15.9 Å². The SMILES string of the molecule is Cc1cn(-c2ncncc2Br)nc1N. The molecule has 0 aromatic carbocycles. The first-order chi connectivity index (χ1) is 6.68. The van der Waals surface area contributed by atoms with Gasteiger partial charge in [0, 0.05) is 18.0 Å². The number of halogens is 1. The van der Waals surface area contributed by atoms with E-state index in [-0.39, 0.29) is 0 Å². The highest BCUT2D eigenvalue weighted by Crippen LogP contribution is 2.18. The van der Waals surface area contributed by atoms with Crippen molar-refractivity contribution in [2.45, 2.75) is 6.92 Å². The first-order valence-electron chi connectivity index (χ1n) is 3.96. The second-order valence-electron chi connectivity index (χ2n) is 2.84. The average molecular weight is 254 g/mol. The average Bonchev–Trinajstić information content (AvgIpc) is 2.48. The molecule has 72 valence electrons. The summed E-state index contributed by atoms with van der Waals surface area (Å²) in [4.78, 5) is 7.96. The maximum atomic E-state index is 5.64. The van der Waals surface area contributed by atoms with E-state index in [2.05, 4.69) is 31.0 Å². The Kier molecular flexibility index (Phi) is 2.20. The van der Waals surface area contributed by atoms with Crippen LogP contribution in [-0.2, 0) is 0 Å². The lowest BCUT2D eigenvalue weighted by Gasteiger charge is -2.00. The Morgan fingerprint density at radius 3 is 2.86 bits per heavy atom. The molecule has 0 saturated carbocycles. The van der Waals surface area contributed by atoms with Crippen LogP contribution < -0.4 is 5.73 Å². The minimum Gasteiger partial charge on any atom is -0.382 e. The highest BCUT2D eigenvalue weighted by atomic mass is 79.9. The van der Waals surface area contributed by atoms with Gasteiger partial charge in [-0.25, -0.2) is 14.6 Å². The lowest BCUT2D eigenvalue weighted by atomic mass is 10.4. The number of anilines is 1. The molecule has 2 N–H and O–H groups in total. The van der Waals surface area contributed by atoms with Gasteiger partial charge in [-0.05, 0) is 22.9 Å². The van der Waals surface area contributed by atoms with Crippen LogP contribution in [0.25, 0.3) is 5.82 Å². The largest absolute Gasteiger partial charge is 0.382 e. The highest BCUT2D eigenvalue weighted by molar-refractivity contribution is 9.10. The molecule has 0 amide bonds. The van der Waals surface area contributed by atoms with Crippen molar-refractivity contribution in [3.63, 3.8) is 0 Å². The van der Waals surface area contributed by atoms with Crippen LogP contribution in [0.15, 0.2) is 23.2 Å². The van der Waals surface area contributed by atoms with Crippen LogP contribution in [0.3, 0.4) is 0 Å². The number of aromatic nitrogens is 4. The van der Waals surface area contributed by atoms with Crippen LogP contribution in [0.4, 0.5) is 5.82 Å². The summed E-state index contributed by atoms with van der Waals surface area (Å²) < 4.78 is 2.40. The zero-order valence-corrected chi connectivity index (χ0v) is 9.06. The molecule has 0 atom stereocenters. The number of nitrogens with two attached hydrogens (primary N) is 1. The molecule has 2 aromatic heterocycles. The van der Waals surface area contributed by atoms with E-state index in [4.69, 9.17) is 5.73 Å². The summed E-state index contributed by atoms with van der Waals surface area (Å²) in [7, 11) is 0. The van der Waals surface area contributed by atoms with Gasteiger partial charge in [0.05, 0.1) is 4.47 Å². The number of aryl methyl sites for hydroxylation is 1. The molecule has 6 heteroatoms. The summed E-state index contributed by atoms with van der Waals surface area (Å²) in [6.45, 7) is 1.90. The summed E-state index contributed by atoms with van der Waals surface area (Å²) in [6.07, 6.45) is 4.95. The minimum absolute atomic E-state index is 0.510. The lowest BCUT2D eigenvalue weighted by Crippen LogP contribution is -2.00. The van der Waals surface area contributed by atoms with Gasteiger partial charge in [-0.3, -0.25) is 0 Å². The van der Waals surface area contributed by atoms with Crippen LogP contribution in [-0.4, -0.2) is 19.7 Å². The van der Waals surface area contributed by atoms with Gasteiger partial charge in [-0.15, -0.1) is 5.10 Å². The third-order valence-electron chi connectivity index (χ3n) is 1.80. The maximum Gasteiger partial charge on any atom is 0.170 e. The van der Waals surface area contributed by atoms with Crippen LogP contribution in [0, 0.1) is 6.92 Å². The Morgan fingerprint density at radius 2 is 2.29 bits per heavy atom. The second-order valence-corrected chi connectivity index (χ2v) is 3.69. The third-order valence-corrected chi connectivity index (χ3v) is 2.36. The van der Waals surface area contributed by atoms with E-state index < -0.39 is 0 Å². The molecule has 2 rings (SSSR count). The van der Waals surface area contributed by atoms with Crippen LogP contribution in [0.2, 0.25) is 0 Å². The van der Waals surface area contributed by atoms with Gasteiger partial charge in [-0.1, -0.05) is 0 Å². The zero-order chi connectivity index (χ0) is 10.1. The fourth-order valence-electron chi connectivity index (χ4n) is 1.06. The van der Waals surface area contributed by atoms with E-state index in [9.17, 15) is 0 Å². The van der Waals surface area contributed by atoms with E-state index in [0.29, 0.717) is 11.6 Å². The van der Waals surface area contributed by atoms with Crippen molar-refractivity contribution in [3.05, 3.63) is 28.8 Å². The van der Waals surface area contributed by atoms with Gasteiger partial charge in [0.1, 0.15) is 12.1 Å². The molecule has 0 radical (unpaired) electrons. The highest BCUT2D eigenvalue weighted by Gasteiger charge is 2.07. The van der Waals surface area contributed by atoms with E-state index in [1.165, 1.54) is 6.33 Å². The van der Waals surface area contributed by atoms with Gasteiger partial charge < -0.3 is 5.73 Å². The molecular weight excluding hydrogens is 246 g/mol. The monoisotopic (exact) mass is 253 g/mol.